The molecule has 0 amide bonds. The summed E-state index contributed by atoms with van der Waals surface area (Å²) >= 11 is 0. The van der Waals surface area contributed by atoms with E-state index in [4.69, 9.17) is 0 Å². The van der Waals surface area contributed by atoms with Crippen molar-refractivity contribution in [2.45, 2.75) is 77.8 Å². The van der Waals surface area contributed by atoms with E-state index in [1.54, 1.807) is 37.0 Å². The Bertz CT molecular complexity index is 208. The van der Waals surface area contributed by atoms with E-state index in [1.165, 1.54) is 19.3 Å². The Kier molecular flexibility index (Phi) is 10.6. The molecule has 0 nitrogen and oxygen atoms in total. The van der Waals surface area contributed by atoms with Crippen molar-refractivity contribution < 1.29 is 0 Å². The Morgan fingerprint density at radius 2 is 0.619 bits per heavy atom. The first kappa shape index (κ1) is 20.3. The molecule has 1 aliphatic rings. The molecule has 1 rings (SSSR count). The minimum Gasteiger partial charge on any atom is -0.104 e. The maximum absolute atomic E-state index is 2.48. The Morgan fingerprint density at radius 1 is 0.429 bits per heavy atom. The van der Waals surface area contributed by atoms with Gasteiger partial charge in [-0.05, 0) is 73.2 Å². The third-order valence-electron chi connectivity index (χ3n) is 4.86. The van der Waals surface area contributed by atoms with Gasteiger partial charge in [0.25, 0.3) is 0 Å². The van der Waals surface area contributed by atoms with Crippen LogP contribution in [0.25, 0.3) is 0 Å². The highest BCUT2D eigenvalue weighted by Crippen LogP contribution is 2.50. The third kappa shape index (κ3) is 8.09. The van der Waals surface area contributed by atoms with Gasteiger partial charge in [0.1, 0.15) is 0 Å². The number of rotatable bonds is 3. The van der Waals surface area contributed by atoms with E-state index < -0.39 is 0 Å². The minimum atomic E-state index is 0.320. The fourth-order valence-corrected chi connectivity index (χ4v) is 11.2. The number of hydrogen-bond acceptors (Lipinski definition) is 0. The van der Waals surface area contributed by atoms with Crippen LogP contribution in [0.15, 0.2) is 0 Å². The minimum absolute atomic E-state index is 0.320. The standard InChI is InChI=1S/C18H39P3/c1-16(2)19-10-7-12-20(17(3)4)14-9-15-21(18(5)6)13-8-11-19/h16-18H,7-15H2,1-6H3. The molecule has 0 aromatic rings. The van der Waals surface area contributed by atoms with E-state index in [1.807, 2.05) is 0 Å². The lowest BCUT2D eigenvalue weighted by molar-refractivity contribution is 0.954. The third-order valence-corrected chi connectivity index (χ3v) is 14.6. The fourth-order valence-electron chi connectivity index (χ4n) is 3.32. The molecule has 1 saturated heterocycles. The van der Waals surface area contributed by atoms with Crippen molar-refractivity contribution in [1.29, 1.82) is 0 Å². The summed E-state index contributed by atoms with van der Waals surface area (Å²) in [5.41, 5.74) is 2.87. The van der Waals surface area contributed by atoms with Gasteiger partial charge in [-0.3, -0.25) is 0 Å². The molecular formula is C18H39P3. The van der Waals surface area contributed by atoms with Gasteiger partial charge in [-0.15, -0.1) is 23.8 Å². The monoisotopic (exact) mass is 348 g/mol. The van der Waals surface area contributed by atoms with Gasteiger partial charge in [0.05, 0.1) is 0 Å². The van der Waals surface area contributed by atoms with Crippen LogP contribution in [-0.4, -0.2) is 53.9 Å². The van der Waals surface area contributed by atoms with Gasteiger partial charge >= 0.3 is 0 Å². The zero-order valence-electron chi connectivity index (χ0n) is 15.4. The molecule has 0 atom stereocenters. The lowest BCUT2D eigenvalue weighted by Gasteiger charge is -2.29. The van der Waals surface area contributed by atoms with Crippen LogP contribution in [0.2, 0.25) is 0 Å². The highest BCUT2D eigenvalue weighted by molar-refractivity contribution is 7.60. The molecule has 0 bridgehead atoms. The molecule has 0 saturated carbocycles. The van der Waals surface area contributed by atoms with Gasteiger partial charge < -0.3 is 0 Å². The molecule has 0 spiro atoms. The van der Waals surface area contributed by atoms with E-state index >= 15 is 0 Å². The van der Waals surface area contributed by atoms with Crippen molar-refractivity contribution >= 4 is 23.8 Å². The molecule has 0 aromatic carbocycles. The normalized spacial score (nSPS) is 30.4. The second kappa shape index (κ2) is 11.0. The van der Waals surface area contributed by atoms with Crippen molar-refractivity contribution in [3.8, 4) is 0 Å². The van der Waals surface area contributed by atoms with Crippen LogP contribution in [0, 0.1) is 0 Å². The lowest BCUT2D eigenvalue weighted by atomic mass is 10.5. The first-order valence-electron chi connectivity index (χ1n) is 9.14. The molecule has 21 heavy (non-hydrogen) atoms. The molecular weight excluding hydrogens is 309 g/mol. The first-order valence-corrected chi connectivity index (χ1v) is 14.5. The van der Waals surface area contributed by atoms with E-state index in [0.717, 1.165) is 17.0 Å². The predicted octanol–water partition coefficient (Wildman–Crippen LogP) is 6.84. The second-order valence-electron chi connectivity index (χ2n) is 7.45. The molecule has 1 heterocycles. The van der Waals surface area contributed by atoms with Crippen LogP contribution >= 0.6 is 23.8 Å². The smallest absolute Gasteiger partial charge is 0.0266 e. The summed E-state index contributed by atoms with van der Waals surface area (Å²) in [6, 6.07) is 0. The van der Waals surface area contributed by atoms with Gasteiger partial charge in [0, 0.05) is 0 Å². The van der Waals surface area contributed by atoms with Gasteiger partial charge in [0.2, 0.25) is 0 Å². The molecule has 0 aliphatic carbocycles. The van der Waals surface area contributed by atoms with Crippen LogP contribution in [0.4, 0.5) is 0 Å². The van der Waals surface area contributed by atoms with E-state index in [0.29, 0.717) is 23.8 Å². The molecule has 0 aromatic heterocycles. The SMILES string of the molecule is CC(C)P1CCCP(C(C)C)CCCP(C(C)C)CCC1. The second-order valence-corrected chi connectivity index (χ2v) is 16.8. The molecule has 0 radical (unpaired) electrons. The van der Waals surface area contributed by atoms with Crippen molar-refractivity contribution in [3.05, 3.63) is 0 Å². The van der Waals surface area contributed by atoms with E-state index in [-0.39, 0.29) is 0 Å². The molecule has 0 N–H and O–H groups in total. The maximum Gasteiger partial charge on any atom is -0.0266 e. The zero-order valence-corrected chi connectivity index (χ0v) is 18.1. The van der Waals surface area contributed by atoms with Gasteiger partial charge in [-0.25, -0.2) is 0 Å². The largest absolute Gasteiger partial charge is 0.104 e. The summed E-state index contributed by atoms with van der Waals surface area (Å²) in [6.07, 6.45) is 14.0. The first-order chi connectivity index (χ1) is 9.91. The average Bonchev–Trinajstić information content (AvgIpc) is 2.37. The summed E-state index contributed by atoms with van der Waals surface area (Å²) in [4.78, 5) is 0. The molecule has 0 unspecified atom stereocenters. The predicted molar refractivity (Wildman–Crippen MR) is 109 cm³/mol. The van der Waals surface area contributed by atoms with Crippen LogP contribution in [0.3, 0.4) is 0 Å². The lowest BCUT2D eigenvalue weighted by Crippen LogP contribution is -2.10. The van der Waals surface area contributed by atoms with Crippen LogP contribution in [-0.2, 0) is 0 Å². The topological polar surface area (TPSA) is 0 Å². The summed E-state index contributed by atoms with van der Waals surface area (Å²) in [5.74, 6) is 0. The summed E-state index contributed by atoms with van der Waals surface area (Å²) in [5, 5.41) is 0. The van der Waals surface area contributed by atoms with Crippen molar-refractivity contribution in [1.82, 2.24) is 0 Å². The summed E-state index contributed by atoms with van der Waals surface area (Å²) < 4.78 is 0. The Balaban J connectivity index is 2.64. The summed E-state index contributed by atoms with van der Waals surface area (Å²) in [6.45, 7) is 14.9. The van der Waals surface area contributed by atoms with E-state index in [2.05, 4.69) is 41.5 Å². The highest BCUT2D eigenvalue weighted by Gasteiger charge is 2.20. The van der Waals surface area contributed by atoms with Crippen LogP contribution < -0.4 is 0 Å². The van der Waals surface area contributed by atoms with Gasteiger partial charge in [-0.1, -0.05) is 41.5 Å². The molecule has 126 valence electrons. The average molecular weight is 348 g/mol. The van der Waals surface area contributed by atoms with Crippen molar-refractivity contribution in [3.63, 3.8) is 0 Å². The number of hydrogen-bond donors (Lipinski definition) is 0. The maximum atomic E-state index is 2.48. The quantitative estimate of drug-likeness (QED) is 0.490. The van der Waals surface area contributed by atoms with Crippen LogP contribution in [0.1, 0.15) is 60.8 Å². The van der Waals surface area contributed by atoms with Crippen molar-refractivity contribution in [2.75, 3.05) is 37.0 Å². The van der Waals surface area contributed by atoms with Crippen LogP contribution in [0.5, 0.6) is 0 Å². The Morgan fingerprint density at radius 3 is 0.762 bits per heavy atom. The Labute approximate surface area is 138 Å². The summed E-state index contributed by atoms with van der Waals surface area (Å²) in [7, 11) is 0.961. The van der Waals surface area contributed by atoms with E-state index in [9.17, 15) is 0 Å². The molecule has 1 fully saturated rings. The zero-order chi connectivity index (χ0) is 15.8. The fraction of sp³-hybridized carbons (Fsp3) is 1.00. The Hall–Kier alpha value is 1.29. The van der Waals surface area contributed by atoms with Gasteiger partial charge in [-0.2, -0.15) is 0 Å². The molecule has 1 aliphatic heterocycles. The molecule has 3 heteroatoms. The van der Waals surface area contributed by atoms with Gasteiger partial charge in [0.15, 0.2) is 0 Å². The highest BCUT2D eigenvalue weighted by atomic mass is 31.1. The van der Waals surface area contributed by atoms with Crippen molar-refractivity contribution in [2.24, 2.45) is 0 Å².